The van der Waals surface area contributed by atoms with Crippen LogP contribution in [0.3, 0.4) is 0 Å². The van der Waals surface area contributed by atoms with E-state index in [-0.39, 0.29) is 0 Å². The first-order chi connectivity index (χ1) is 30.8. The highest BCUT2D eigenvalue weighted by molar-refractivity contribution is 6.26. The number of rotatable bonds is 7. The van der Waals surface area contributed by atoms with Crippen LogP contribution in [0.25, 0.3) is 111 Å². The van der Waals surface area contributed by atoms with Gasteiger partial charge in [-0.15, -0.1) is 0 Å². The fourth-order valence-electron chi connectivity index (χ4n) is 9.11. The molecule has 0 saturated carbocycles. The molecule has 0 aliphatic carbocycles. The van der Waals surface area contributed by atoms with Crippen LogP contribution in [0.4, 0.5) is 0 Å². The quantitative estimate of drug-likeness (QED) is 0.162. The second kappa shape index (κ2) is 14.7. The van der Waals surface area contributed by atoms with Crippen LogP contribution in [0.2, 0.25) is 0 Å². The summed E-state index contributed by atoms with van der Waals surface area (Å²) < 4.78 is 4.67. The third-order valence-electron chi connectivity index (χ3n) is 12.0. The molecule has 9 aromatic carbocycles. The zero-order valence-electron chi connectivity index (χ0n) is 33.6. The van der Waals surface area contributed by atoms with E-state index >= 15 is 0 Å². The summed E-state index contributed by atoms with van der Waals surface area (Å²) in [6, 6.07) is 79.2. The van der Waals surface area contributed by atoms with Gasteiger partial charge in [0.25, 0.3) is 0 Å². The predicted molar refractivity (Wildman–Crippen MR) is 256 cm³/mol. The van der Waals surface area contributed by atoms with Gasteiger partial charge in [-0.05, 0) is 52.1 Å². The van der Waals surface area contributed by atoms with Crippen LogP contribution in [0.1, 0.15) is 0 Å². The van der Waals surface area contributed by atoms with Gasteiger partial charge in [0.15, 0.2) is 11.6 Å². The van der Waals surface area contributed by atoms with Crippen LogP contribution in [-0.2, 0) is 0 Å². The van der Waals surface area contributed by atoms with Gasteiger partial charge >= 0.3 is 0 Å². The number of nitrogens with zero attached hydrogens (tertiary/aromatic N) is 5. The minimum absolute atomic E-state index is 0.562. The lowest BCUT2D eigenvalue weighted by Gasteiger charge is -2.15. The van der Waals surface area contributed by atoms with Crippen LogP contribution >= 0.6 is 0 Å². The zero-order chi connectivity index (χ0) is 41.0. The Bertz CT molecular complexity index is 3590. The van der Waals surface area contributed by atoms with E-state index in [9.17, 15) is 0 Å². The molecule has 0 unspecified atom stereocenters. The first-order valence-electron chi connectivity index (χ1n) is 21.0. The third-order valence-corrected chi connectivity index (χ3v) is 12.0. The molecule has 12 rings (SSSR count). The molecule has 12 aromatic rings. The second-order valence-corrected chi connectivity index (χ2v) is 15.6. The van der Waals surface area contributed by atoms with Gasteiger partial charge in [-0.3, -0.25) is 4.57 Å². The van der Waals surface area contributed by atoms with Crippen molar-refractivity contribution in [1.29, 1.82) is 0 Å². The zero-order valence-corrected chi connectivity index (χ0v) is 33.6. The van der Waals surface area contributed by atoms with Crippen molar-refractivity contribution in [1.82, 2.24) is 24.1 Å². The number of benzene rings is 9. The molecule has 0 radical (unpaired) electrons. The van der Waals surface area contributed by atoms with Gasteiger partial charge in [0.05, 0.1) is 27.8 Å². The Morgan fingerprint density at radius 1 is 0.274 bits per heavy atom. The summed E-state index contributed by atoms with van der Waals surface area (Å²) in [7, 11) is 0. The summed E-state index contributed by atoms with van der Waals surface area (Å²) in [5.74, 6) is 1.79. The van der Waals surface area contributed by atoms with Crippen LogP contribution in [-0.4, -0.2) is 24.1 Å². The fraction of sp³-hybridized carbons (Fsp3) is 0. The Balaban J connectivity index is 1.07. The van der Waals surface area contributed by atoms with E-state index in [0.717, 1.165) is 60.8 Å². The molecule has 62 heavy (non-hydrogen) atoms. The smallest absolute Gasteiger partial charge is 0.238 e. The molecule has 0 fully saturated rings. The standard InChI is InChI=1S/C57H37N5/c1-4-16-38(17-5-1)39-28-30-40(31-29-39)41-32-34-44(35-33-41)56-58-55(43-20-8-3-9-21-43)59-57(60-56)62-51-27-15-12-24-48(51)53-52(62)37-36-47-46-23-11-14-26-50(46)61(54(47)53)49-25-13-10-22-45(49)42-18-6-2-7-19-42/h1-37H. The SMILES string of the molecule is c1ccc(-c2ccc(-c3ccc(-c4nc(-c5ccccc5)nc(-n5c6ccccc6c6c5ccc5c7ccccc7n(-c7ccccc7-c7ccccc7)c56)n4)cc3)cc2)cc1. The average molecular weight is 792 g/mol. The Morgan fingerprint density at radius 2 is 0.726 bits per heavy atom. The maximum Gasteiger partial charge on any atom is 0.238 e. The van der Waals surface area contributed by atoms with E-state index in [1.54, 1.807) is 0 Å². The third kappa shape index (κ3) is 5.90. The fourth-order valence-corrected chi connectivity index (χ4v) is 9.11. The number of aromatic nitrogens is 5. The highest BCUT2D eigenvalue weighted by Crippen LogP contribution is 2.43. The van der Waals surface area contributed by atoms with Crippen LogP contribution in [0, 0.1) is 0 Å². The Morgan fingerprint density at radius 3 is 1.35 bits per heavy atom. The molecule has 0 bridgehead atoms. The van der Waals surface area contributed by atoms with Crippen molar-refractivity contribution in [2.75, 3.05) is 0 Å². The largest absolute Gasteiger partial charge is 0.308 e. The molecule has 0 atom stereocenters. The summed E-state index contributed by atoms with van der Waals surface area (Å²) >= 11 is 0. The van der Waals surface area contributed by atoms with E-state index < -0.39 is 0 Å². The average Bonchev–Trinajstić information content (AvgIpc) is 3.88. The second-order valence-electron chi connectivity index (χ2n) is 15.6. The van der Waals surface area contributed by atoms with Crippen molar-refractivity contribution in [3.63, 3.8) is 0 Å². The molecule has 290 valence electrons. The lowest BCUT2D eigenvalue weighted by molar-refractivity contribution is 0.953. The molecule has 5 nitrogen and oxygen atoms in total. The van der Waals surface area contributed by atoms with Crippen LogP contribution < -0.4 is 0 Å². The maximum atomic E-state index is 5.31. The van der Waals surface area contributed by atoms with E-state index in [1.807, 2.05) is 24.3 Å². The van der Waals surface area contributed by atoms with Crippen molar-refractivity contribution in [3.05, 3.63) is 224 Å². The summed E-state index contributed by atoms with van der Waals surface area (Å²) in [4.78, 5) is 15.7. The molecular formula is C57H37N5. The molecule has 0 aliphatic heterocycles. The minimum atomic E-state index is 0.562. The van der Waals surface area contributed by atoms with Gasteiger partial charge in [0.1, 0.15) is 0 Å². The molecule has 3 aromatic heterocycles. The summed E-state index contributed by atoms with van der Waals surface area (Å²) in [5.41, 5.74) is 14.3. The van der Waals surface area contributed by atoms with Crippen molar-refractivity contribution in [3.8, 4) is 67.8 Å². The van der Waals surface area contributed by atoms with Gasteiger partial charge in [-0.25, -0.2) is 4.98 Å². The lowest BCUT2D eigenvalue weighted by atomic mass is 9.99. The van der Waals surface area contributed by atoms with Crippen molar-refractivity contribution in [2.24, 2.45) is 0 Å². The number of fused-ring (bicyclic) bond motifs is 7. The van der Waals surface area contributed by atoms with Gasteiger partial charge in [-0.2, -0.15) is 9.97 Å². The first kappa shape index (κ1) is 35.5. The Kier molecular flexibility index (Phi) is 8.42. The van der Waals surface area contributed by atoms with E-state index in [2.05, 4.69) is 209 Å². The summed E-state index contributed by atoms with van der Waals surface area (Å²) in [6.45, 7) is 0. The highest BCUT2D eigenvalue weighted by Gasteiger charge is 2.24. The Hall–Kier alpha value is -8.41. The normalized spacial score (nSPS) is 11.5. The van der Waals surface area contributed by atoms with Gasteiger partial charge in [0, 0.05) is 38.2 Å². The van der Waals surface area contributed by atoms with Crippen molar-refractivity contribution >= 4 is 43.6 Å². The molecule has 0 spiro atoms. The summed E-state index contributed by atoms with van der Waals surface area (Å²) in [6.07, 6.45) is 0. The van der Waals surface area contributed by atoms with Crippen LogP contribution in [0.15, 0.2) is 224 Å². The van der Waals surface area contributed by atoms with E-state index in [0.29, 0.717) is 17.6 Å². The minimum Gasteiger partial charge on any atom is -0.308 e. The maximum absolute atomic E-state index is 5.31. The van der Waals surface area contributed by atoms with E-state index in [4.69, 9.17) is 15.0 Å². The number of hydrogen-bond acceptors (Lipinski definition) is 3. The topological polar surface area (TPSA) is 48.5 Å². The molecule has 5 heteroatoms. The molecule has 3 heterocycles. The van der Waals surface area contributed by atoms with Gasteiger partial charge in [-0.1, -0.05) is 200 Å². The molecule has 0 N–H and O–H groups in total. The number of para-hydroxylation sites is 3. The first-order valence-corrected chi connectivity index (χ1v) is 21.0. The highest BCUT2D eigenvalue weighted by atomic mass is 15.2. The summed E-state index contributed by atoms with van der Waals surface area (Å²) in [5, 5.41) is 4.66. The molecule has 0 aliphatic rings. The van der Waals surface area contributed by atoms with Crippen molar-refractivity contribution in [2.45, 2.75) is 0 Å². The van der Waals surface area contributed by atoms with E-state index in [1.165, 1.54) is 33.0 Å². The van der Waals surface area contributed by atoms with Crippen LogP contribution in [0.5, 0.6) is 0 Å². The van der Waals surface area contributed by atoms with Gasteiger partial charge < -0.3 is 4.57 Å². The monoisotopic (exact) mass is 791 g/mol. The lowest BCUT2D eigenvalue weighted by Crippen LogP contribution is -2.06. The molecule has 0 saturated heterocycles. The van der Waals surface area contributed by atoms with Gasteiger partial charge in [0.2, 0.25) is 5.95 Å². The Labute approximate surface area is 358 Å². The van der Waals surface area contributed by atoms with Crippen molar-refractivity contribution < 1.29 is 0 Å². The molecular weight excluding hydrogens is 755 g/mol. The molecule has 0 amide bonds. The predicted octanol–water partition coefficient (Wildman–Crippen LogP) is 14.4. The number of hydrogen-bond donors (Lipinski definition) is 0.